The van der Waals surface area contributed by atoms with Crippen LogP contribution in [0.25, 0.3) is 0 Å². The lowest BCUT2D eigenvalue weighted by Gasteiger charge is -2.62. The van der Waals surface area contributed by atoms with E-state index in [0.29, 0.717) is 23.5 Å². The molecule has 4 aliphatic rings. The summed E-state index contributed by atoms with van der Waals surface area (Å²) in [6.45, 7) is 7.26. The van der Waals surface area contributed by atoms with Crippen LogP contribution in [0.4, 0.5) is 0 Å². The number of aliphatic hydroxyl groups excluding tert-OH is 1. The van der Waals surface area contributed by atoms with Crippen molar-refractivity contribution in [3.05, 3.63) is 0 Å². The van der Waals surface area contributed by atoms with Gasteiger partial charge in [-0.05, 0) is 111 Å². The average molecular weight is 406 g/mol. The van der Waals surface area contributed by atoms with Crippen LogP contribution in [0.3, 0.4) is 0 Å². The van der Waals surface area contributed by atoms with Crippen molar-refractivity contribution in [3.63, 3.8) is 0 Å². The van der Waals surface area contributed by atoms with Gasteiger partial charge < -0.3 is 15.6 Å². The molecule has 0 aromatic rings. The fourth-order valence-corrected chi connectivity index (χ4v) is 8.81. The number of unbranched alkanes of at least 4 members (excludes halogenated alkanes) is 1. The Kier molecular flexibility index (Phi) is 6.98. The number of hydrogen-bond donors (Lipinski definition) is 2. The summed E-state index contributed by atoms with van der Waals surface area (Å²) < 4.78 is 6.66. The van der Waals surface area contributed by atoms with Gasteiger partial charge in [0.2, 0.25) is 0 Å². The Bertz CT molecular complexity index is 539. The SMILES string of the molecule is CC12CCC3C(C(OCCCN)CC4CCCCC43C)C1CCC2CCCCO. The molecule has 0 bridgehead atoms. The molecule has 168 valence electrons. The number of rotatable bonds is 8. The second-order valence-electron chi connectivity index (χ2n) is 11.6. The van der Waals surface area contributed by atoms with E-state index < -0.39 is 0 Å². The highest BCUT2D eigenvalue weighted by Crippen LogP contribution is 2.68. The summed E-state index contributed by atoms with van der Waals surface area (Å²) in [7, 11) is 0. The maximum atomic E-state index is 9.24. The molecule has 29 heavy (non-hydrogen) atoms. The highest BCUT2D eigenvalue weighted by atomic mass is 16.5. The first-order valence-corrected chi connectivity index (χ1v) is 13.0. The van der Waals surface area contributed by atoms with Gasteiger partial charge in [-0.3, -0.25) is 0 Å². The molecule has 4 fully saturated rings. The molecule has 4 saturated carbocycles. The molecule has 0 spiro atoms. The second kappa shape index (κ2) is 9.17. The van der Waals surface area contributed by atoms with Crippen LogP contribution in [-0.2, 0) is 4.74 Å². The van der Waals surface area contributed by atoms with E-state index in [1.807, 2.05) is 0 Å². The summed E-state index contributed by atoms with van der Waals surface area (Å²) in [5, 5.41) is 9.24. The first kappa shape index (κ1) is 22.1. The van der Waals surface area contributed by atoms with Crippen molar-refractivity contribution >= 4 is 0 Å². The van der Waals surface area contributed by atoms with Crippen LogP contribution < -0.4 is 5.73 Å². The largest absolute Gasteiger partial charge is 0.396 e. The minimum atomic E-state index is 0.356. The third-order valence-corrected chi connectivity index (χ3v) is 10.4. The van der Waals surface area contributed by atoms with Crippen LogP contribution in [-0.4, -0.2) is 31.0 Å². The van der Waals surface area contributed by atoms with Crippen LogP contribution in [0.5, 0.6) is 0 Å². The fraction of sp³-hybridized carbons (Fsp3) is 1.00. The zero-order chi connectivity index (χ0) is 20.5. The second-order valence-corrected chi connectivity index (χ2v) is 11.6. The highest BCUT2D eigenvalue weighted by Gasteiger charge is 2.62. The highest BCUT2D eigenvalue weighted by molar-refractivity contribution is 5.11. The lowest BCUT2D eigenvalue weighted by molar-refractivity contribution is -0.179. The standard InChI is InChI=1S/C26H47NO2/c1-25-13-5-3-9-20(25)18-23(29-17-7-15-27)24-21-11-10-19(8-4-6-16-28)26(21,2)14-12-22(24)25/h19-24,28H,3-18,27H2,1-2H3. The summed E-state index contributed by atoms with van der Waals surface area (Å²) >= 11 is 0. The summed E-state index contributed by atoms with van der Waals surface area (Å²) in [5.74, 6) is 4.24. The third kappa shape index (κ3) is 3.94. The van der Waals surface area contributed by atoms with Crippen molar-refractivity contribution in [3.8, 4) is 0 Å². The van der Waals surface area contributed by atoms with Crippen LogP contribution >= 0.6 is 0 Å². The molecule has 0 saturated heterocycles. The predicted octanol–water partition coefficient (Wildman–Crippen LogP) is 5.54. The van der Waals surface area contributed by atoms with Crippen molar-refractivity contribution in [2.45, 2.75) is 103 Å². The van der Waals surface area contributed by atoms with E-state index in [0.717, 1.165) is 55.6 Å². The van der Waals surface area contributed by atoms with Gasteiger partial charge in [0, 0.05) is 13.2 Å². The van der Waals surface area contributed by atoms with E-state index in [4.69, 9.17) is 10.5 Å². The normalized spacial score (nSPS) is 46.8. The molecule has 0 amide bonds. The average Bonchev–Trinajstić information content (AvgIpc) is 3.05. The first-order valence-electron chi connectivity index (χ1n) is 13.0. The van der Waals surface area contributed by atoms with Gasteiger partial charge in [0.1, 0.15) is 0 Å². The van der Waals surface area contributed by atoms with Crippen LogP contribution in [0.1, 0.15) is 97.3 Å². The summed E-state index contributed by atoms with van der Waals surface area (Å²) in [4.78, 5) is 0. The predicted molar refractivity (Wildman–Crippen MR) is 120 cm³/mol. The molecule has 3 nitrogen and oxygen atoms in total. The van der Waals surface area contributed by atoms with Crippen molar-refractivity contribution in [1.29, 1.82) is 0 Å². The van der Waals surface area contributed by atoms with E-state index >= 15 is 0 Å². The lowest BCUT2D eigenvalue weighted by Crippen LogP contribution is -2.58. The number of ether oxygens (including phenoxy) is 1. The van der Waals surface area contributed by atoms with E-state index in [1.54, 1.807) is 0 Å². The maximum Gasteiger partial charge on any atom is 0.0611 e. The quantitative estimate of drug-likeness (QED) is 0.521. The summed E-state index contributed by atoms with van der Waals surface area (Å²) in [6.07, 6.45) is 17.7. The van der Waals surface area contributed by atoms with Crippen LogP contribution in [0.15, 0.2) is 0 Å². The molecule has 3 heteroatoms. The van der Waals surface area contributed by atoms with E-state index in [-0.39, 0.29) is 0 Å². The Morgan fingerprint density at radius 1 is 0.931 bits per heavy atom. The van der Waals surface area contributed by atoms with Crippen molar-refractivity contribution < 1.29 is 9.84 Å². The number of nitrogens with two attached hydrogens (primary N) is 1. The topological polar surface area (TPSA) is 55.5 Å². The van der Waals surface area contributed by atoms with E-state index in [1.165, 1.54) is 70.6 Å². The minimum absolute atomic E-state index is 0.356. The van der Waals surface area contributed by atoms with Gasteiger partial charge in [-0.15, -0.1) is 0 Å². The van der Waals surface area contributed by atoms with Gasteiger partial charge in [-0.2, -0.15) is 0 Å². The third-order valence-electron chi connectivity index (χ3n) is 10.4. The molecular weight excluding hydrogens is 358 g/mol. The molecule has 4 aliphatic carbocycles. The number of hydrogen-bond acceptors (Lipinski definition) is 3. The first-order chi connectivity index (χ1) is 14.0. The molecule has 3 N–H and O–H groups in total. The van der Waals surface area contributed by atoms with Crippen molar-refractivity contribution in [2.75, 3.05) is 19.8 Å². The van der Waals surface area contributed by atoms with Gasteiger partial charge in [-0.25, -0.2) is 0 Å². The van der Waals surface area contributed by atoms with Crippen molar-refractivity contribution in [1.82, 2.24) is 0 Å². The fourth-order valence-electron chi connectivity index (χ4n) is 8.81. The summed E-state index contributed by atoms with van der Waals surface area (Å²) in [5.41, 5.74) is 6.85. The molecule has 0 heterocycles. The number of aliphatic hydroxyl groups is 1. The van der Waals surface area contributed by atoms with Gasteiger partial charge in [0.05, 0.1) is 6.10 Å². The molecule has 8 unspecified atom stereocenters. The molecule has 0 aromatic heterocycles. The Morgan fingerprint density at radius 3 is 2.55 bits per heavy atom. The molecule has 0 radical (unpaired) electrons. The zero-order valence-corrected chi connectivity index (χ0v) is 19.2. The monoisotopic (exact) mass is 405 g/mol. The molecule has 0 aromatic carbocycles. The summed E-state index contributed by atoms with van der Waals surface area (Å²) in [6, 6.07) is 0. The number of fused-ring (bicyclic) bond motifs is 5. The van der Waals surface area contributed by atoms with E-state index in [9.17, 15) is 5.11 Å². The van der Waals surface area contributed by atoms with Crippen LogP contribution in [0.2, 0.25) is 0 Å². The van der Waals surface area contributed by atoms with E-state index in [2.05, 4.69) is 13.8 Å². The molecule has 4 rings (SSSR count). The van der Waals surface area contributed by atoms with Gasteiger partial charge in [0.25, 0.3) is 0 Å². The van der Waals surface area contributed by atoms with Crippen LogP contribution in [0, 0.1) is 40.4 Å². The maximum absolute atomic E-state index is 9.24. The minimum Gasteiger partial charge on any atom is -0.396 e. The molecule has 8 atom stereocenters. The molecular formula is C26H47NO2. The van der Waals surface area contributed by atoms with Gasteiger partial charge in [0.15, 0.2) is 0 Å². The van der Waals surface area contributed by atoms with Crippen molar-refractivity contribution in [2.24, 2.45) is 46.2 Å². The van der Waals surface area contributed by atoms with Gasteiger partial charge in [-0.1, -0.05) is 33.1 Å². The zero-order valence-electron chi connectivity index (χ0n) is 19.2. The Hall–Kier alpha value is -0.120. The smallest absolute Gasteiger partial charge is 0.0611 e. The Labute approximate surface area is 179 Å². The molecule has 0 aliphatic heterocycles. The Balaban J connectivity index is 1.56. The van der Waals surface area contributed by atoms with Gasteiger partial charge >= 0.3 is 0 Å². The lowest BCUT2D eigenvalue weighted by atomic mass is 9.44. The Morgan fingerprint density at radius 2 is 1.76 bits per heavy atom.